The fourth-order valence-electron chi connectivity index (χ4n) is 4.35. The van der Waals surface area contributed by atoms with Crippen LogP contribution in [0.15, 0.2) is 30.5 Å². The molecule has 4 nitrogen and oxygen atoms in total. The van der Waals surface area contributed by atoms with E-state index in [2.05, 4.69) is 38.6 Å². The van der Waals surface area contributed by atoms with Gasteiger partial charge in [-0.2, -0.15) is 0 Å². The Balaban J connectivity index is 1.76. The van der Waals surface area contributed by atoms with Gasteiger partial charge in [-0.15, -0.1) is 6.42 Å². The number of nitrogens with zero attached hydrogens (tertiary/aromatic N) is 2. The zero-order valence-corrected chi connectivity index (χ0v) is 18.0. The minimum Gasteiger partial charge on any atom is -0.326 e. The number of pyridine rings is 1. The van der Waals surface area contributed by atoms with Crippen LogP contribution in [0.5, 0.6) is 0 Å². The summed E-state index contributed by atoms with van der Waals surface area (Å²) in [7, 11) is 0. The van der Waals surface area contributed by atoms with E-state index in [1.54, 1.807) is 12.3 Å². The quantitative estimate of drug-likeness (QED) is 0.543. The first-order valence-corrected chi connectivity index (χ1v) is 10.4. The van der Waals surface area contributed by atoms with E-state index in [9.17, 15) is 9.59 Å². The van der Waals surface area contributed by atoms with Crippen molar-refractivity contribution in [1.82, 2.24) is 9.88 Å². The molecule has 152 valence electrons. The first kappa shape index (κ1) is 21.0. The molecule has 0 spiro atoms. The maximum Gasteiger partial charge on any atom is 0.224 e. The summed E-state index contributed by atoms with van der Waals surface area (Å²) in [4.78, 5) is 32.1. The minimum absolute atomic E-state index is 0.0340. The summed E-state index contributed by atoms with van der Waals surface area (Å²) in [5.74, 6) is 3.70. The third-order valence-corrected chi connectivity index (χ3v) is 6.59. The van der Waals surface area contributed by atoms with Gasteiger partial charge in [0.1, 0.15) is 0 Å². The zero-order chi connectivity index (χ0) is 21.3. The number of hydrogen-bond acceptors (Lipinski definition) is 3. The van der Waals surface area contributed by atoms with E-state index in [1.807, 2.05) is 30.0 Å². The summed E-state index contributed by atoms with van der Waals surface area (Å²) >= 11 is 0. The van der Waals surface area contributed by atoms with E-state index >= 15 is 0 Å². The Morgan fingerprint density at radius 1 is 1.14 bits per heavy atom. The van der Waals surface area contributed by atoms with E-state index < -0.39 is 0 Å². The van der Waals surface area contributed by atoms with Crippen LogP contribution in [0.2, 0.25) is 0 Å². The Kier molecular flexibility index (Phi) is 6.07. The van der Waals surface area contributed by atoms with Gasteiger partial charge in [-0.3, -0.25) is 14.6 Å². The number of fused-ring (bicyclic) bond motifs is 1. The Hall–Kier alpha value is -2.67. The van der Waals surface area contributed by atoms with Crippen molar-refractivity contribution in [3.05, 3.63) is 41.6 Å². The molecular weight excluding hydrogens is 360 g/mol. The second-order valence-corrected chi connectivity index (χ2v) is 8.58. The summed E-state index contributed by atoms with van der Waals surface area (Å²) < 4.78 is 0. The van der Waals surface area contributed by atoms with Gasteiger partial charge >= 0.3 is 0 Å². The first-order valence-electron chi connectivity index (χ1n) is 10.4. The Morgan fingerprint density at radius 2 is 1.86 bits per heavy atom. The molecule has 0 aliphatic carbocycles. The van der Waals surface area contributed by atoms with Crippen molar-refractivity contribution in [2.24, 2.45) is 11.8 Å². The number of likely N-dealkylation sites (tertiary alicyclic amines) is 1. The molecule has 4 heteroatoms. The summed E-state index contributed by atoms with van der Waals surface area (Å²) in [6.45, 7) is 10.5. The van der Waals surface area contributed by atoms with Crippen molar-refractivity contribution in [3.8, 4) is 12.3 Å². The monoisotopic (exact) mass is 390 g/mol. The van der Waals surface area contributed by atoms with Crippen LogP contribution >= 0.6 is 0 Å². The number of hydrogen-bond donors (Lipinski definition) is 0. The Labute approximate surface area is 173 Å². The molecule has 4 unspecified atom stereocenters. The highest BCUT2D eigenvalue weighted by Crippen LogP contribution is 2.35. The van der Waals surface area contributed by atoms with Gasteiger partial charge in [-0.25, -0.2) is 0 Å². The van der Waals surface area contributed by atoms with Crippen molar-refractivity contribution in [3.63, 3.8) is 0 Å². The van der Waals surface area contributed by atoms with Crippen LogP contribution in [0.3, 0.4) is 0 Å². The average Bonchev–Trinajstić information content (AvgIpc) is 2.94. The summed E-state index contributed by atoms with van der Waals surface area (Å²) in [5, 5.41) is 0.840. The lowest BCUT2D eigenvalue weighted by atomic mass is 9.91. The van der Waals surface area contributed by atoms with Gasteiger partial charge in [0.2, 0.25) is 5.91 Å². The minimum atomic E-state index is -0.196. The molecule has 1 aromatic carbocycles. The van der Waals surface area contributed by atoms with Crippen molar-refractivity contribution < 1.29 is 9.59 Å². The van der Waals surface area contributed by atoms with Crippen LogP contribution in [0, 0.1) is 24.2 Å². The van der Waals surface area contributed by atoms with E-state index in [0.29, 0.717) is 17.4 Å². The Bertz CT molecular complexity index is 972. The largest absolute Gasteiger partial charge is 0.326 e. The maximum atomic E-state index is 12.9. The SMILES string of the molecule is C#CC1C(C)C(C)C(C)N1C(=O)CCC(=O)c1ccnc2cc(C(C)C)ccc12. The van der Waals surface area contributed by atoms with Gasteiger partial charge in [0.25, 0.3) is 0 Å². The molecule has 0 bridgehead atoms. The number of amides is 1. The number of terminal acetylenes is 1. The standard InChI is InChI=1S/C25H30N2O2/c1-7-23-17(5)16(4)18(6)27(23)25(29)11-10-24(28)21-12-13-26-22-14-19(15(2)3)8-9-20(21)22/h1,8-9,12-18,23H,10-11H2,2-6H3. The fourth-order valence-corrected chi connectivity index (χ4v) is 4.35. The molecule has 2 aromatic rings. The van der Waals surface area contributed by atoms with Crippen LogP contribution in [0.1, 0.15) is 69.3 Å². The second kappa shape index (κ2) is 8.37. The lowest BCUT2D eigenvalue weighted by molar-refractivity contribution is -0.133. The average molecular weight is 391 g/mol. The second-order valence-electron chi connectivity index (χ2n) is 8.58. The zero-order valence-electron chi connectivity index (χ0n) is 18.0. The molecule has 0 radical (unpaired) electrons. The lowest BCUT2D eigenvalue weighted by Gasteiger charge is -2.26. The summed E-state index contributed by atoms with van der Waals surface area (Å²) in [6.07, 6.45) is 7.72. The van der Waals surface area contributed by atoms with Gasteiger partial charge in [0.05, 0.1) is 11.6 Å². The van der Waals surface area contributed by atoms with Gasteiger partial charge in [0.15, 0.2) is 5.78 Å². The van der Waals surface area contributed by atoms with Crippen molar-refractivity contribution in [2.75, 3.05) is 0 Å². The van der Waals surface area contributed by atoms with E-state index in [-0.39, 0.29) is 42.5 Å². The van der Waals surface area contributed by atoms with E-state index in [4.69, 9.17) is 6.42 Å². The van der Waals surface area contributed by atoms with Gasteiger partial charge in [-0.05, 0) is 42.4 Å². The highest BCUT2D eigenvalue weighted by molar-refractivity contribution is 6.08. The molecule has 0 saturated carbocycles. The van der Waals surface area contributed by atoms with Crippen LogP contribution < -0.4 is 0 Å². The summed E-state index contributed by atoms with van der Waals surface area (Å²) in [6, 6.07) is 7.68. The van der Waals surface area contributed by atoms with Crippen LogP contribution in [-0.4, -0.2) is 33.7 Å². The van der Waals surface area contributed by atoms with E-state index in [1.165, 1.54) is 5.56 Å². The molecule has 4 atom stereocenters. The first-order chi connectivity index (χ1) is 13.8. The molecule has 1 amide bonds. The Morgan fingerprint density at radius 3 is 2.52 bits per heavy atom. The fraction of sp³-hybridized carbons (Fsp3) is 0.480. The topological polar surface area (TPSA) is 50.3 Å². The van der Waals surface area contributed by atoms with Crippen molar-refractivity contribution in [1.29, 1.82) is 0 Å². The predicted octanol–water partition coefficient (Wildman–Crippen LogP) is 4.83. The van der Waals surface area contributed by atoms with Crippen molar-refractivity contribution >= 4 is 22.6 Å². The number of Topliss-reactive ketones (excluding diaryl/α,β-unsaturated/α-hetero) is 1. The molecule has 1 aliphatic rings. The third kappa shape index (κ3) is 3.92. The van der Waals surface area contributed by atoms with Crippen LogP contribution in [0.4, 0.5) is 0 Å². The predicted molar refractivity (Wildman–Crippen MR) is 117 cm³/mol. The van der Waals surface area contributed by atoms with Crippen LogP contribution in [-0.2, 0) is 4.79 Å². The highest BCUT2D eigenvalue weighted by atomic mass is 16.2. The normalized spacial score (nSPS) is 24.1. The smallest absolute Gasteiger partial charge is 0.224 e. The number of benzene rings is 1. The third-order valence-electron chi connectivity index (χ3n) is 6.59. The number of carbonyl (C=O) groups is 2. The maximum absolute atomic E-state index is 12.9. The number of aromatic nitrogens is 1. The molecule has 0 N–H and O–H groups in total. The number of carbonyl (C=O) groups excluding carboxylic acids is 2. The van der Waals surface area contributed by atoms with Crippen LogP contribution in [0.25, 0.3) is 10.9 Å². The molecule has 2 heterocycles. The summed E-state index contributed by atoms with van der Waals surface area (Å²) in [5.41, 5.74) is 2.63. The molecule has 1 fully saturated rings. The molecule has 29 heavy (non-hydrogen) atoms. The molecular formula is C25H30N2O2. The van der Waals surface area contributed by atoms with Gasteiger partial charge < -0.3 is 4.90 Å². The van der Waals surface area contributed by atoms with Gasteiger partial charge in [-0.1, -0.05) is 45.7 Å². The lowest BCUT2D eigenvalue weighted by Crippen LogP contribution is -2.40. The number of rotatable bonds is 5. The molecule has 3 rings (SSSR count). The highest BCUT2D eigenvalue weighted by Gasteiger charge is 2.43. The van der Waals surface area contributed by atoms with Gasteiger partial charge in [0, 0.05) is 36.0 Å². The molecule has 1 aromatic heterocycles. The van der Waals surface area contributed by atoms with E-state index in [0.717, 1.165) is 10.9 Å². The molecule has 1 saturated heterocycles. The molecule has 1 aliphatic heterocycles. The van der Waals surface area contributed by atoms with Crippen molar-refractivity contribution in [2.45, 2.75) is 65.5 Å². The number of ketones is 1.